The molecule has 2 aliphatic rings. The zero-order valence-electron chi connectivity index (χ0n) is 22.5. The van der Waals surface area contributed by atoms with Gasteiger partial charge in [-0.3, -0.25) is 9.48 Å². The van der Waals surface area contributed by atoms with Crippen molar-refractivity contribution in [2.45, 2.75) is 72.1 Å². The summed E-state index contributed by atoms with van der Waals surface area (Å²) < 4.78 is 7.28. The molecule has 1 fully saturated rings. The molecule has 2 aromatic heterocycles. The van der Waals surface area contributed by atoms with Crippen molar-refractivity contribution in [2.24, 2.45) is 0 Å². The summed E-state index contributed by atoms with van der Waals surface area (Å²) in [7, 11) is 0. The van der Waals surface area contributed by atoms with Crippen LogP contribution in [0.2, 0.25) is 0 Å². The molecule has 1 N–H and O–H groups in total. The third-order valence-electron chi connectivity index (χ3n) is 6.52. The Morgan fingerprint density at radius 2 is 1.73 bits per heavy atom. The Balaban J connectivity index is 0.00000156. The highest BCUT2D eigenvalue weighted by Crippen LogP contribution is 2.24. The number of pyridine rings is 1. The molecule has 198 valence electrons. The molecule has 0 bridgehead atoms. The molecule has 0 atom stereocenters. The van der Waals surface area contributed by atoms with E-state index in [0.717, 1.165) is 41.5 Å². The van der Waals surface area contributed by atoms with Gasteiger partial charge in [-0.1, -0.05) is 38.1 Å². The topological polar surface area (TPSA) is 92.6 Å². The third kappa shape index (κ3) is 6.39. The van der Waals surface area contributed by atoms with Crippen molar-refractivity contribution >= 4 is 34.4 Å². The summed E-state index contributed by atoms with van der Waals surface area (Å²) in [5.74, 6) is 1.48. The van der Waals surface area contributed by atoms with Gasteiger partial charge in [-0.2, -0.15) is 5.10 Å². The molecule has 3 aromatic rings. The highest BCUT2D eigenvalue weighted by Gasteiger charge is 2.33. The van der Waals surface area contributed by atoms with Gasteiger partial charge < -0.3 is 19.9 Å². The van der Waals surface area contributed by atoms with Gasteiger partial charge in [-0.15, -0.1) is 0 Å². The van der Waals surface area contributed by atoms with E-state index in [1.54, 1.807) is 9.58 Å². The summed E-state index contributed by atoms with van der Waals surface area (Å²) in [6.45, 7) is 11.7. The van der Waals surface area contributed by atoms with Crippen LogP contribution < -0.4 is 5.32 Å². The number of nitrogens with one attached hydrogen (secondary N) is 1. The van der Waals surface area contributed by atoms with Crippen LogP contribution in [0.1, 0.15) is 53.2 Å². The summed E-state index contributed by atoms with van der Waals surface area (Å²) in [6.07, 6.45) is 3.81. The number of piperidine rings is 1. The van der Waals surface area contributed by atoms with Gasteiger partial charge in [0.05, 0.1) is 0 Å². The molecule has 5 rings (SSSR count). The number of likely N-dealkylation sites (tertiary alicyclic amines) is 1. The van der Waals surface area contributed by atoms with Crippen LogP contribution in [0.5, 0.6) is 0 Å². The maximum absolute atomic E-state index is 13.1. The van der Waals surface area contributed by atoms with Gasteiger partial charge in [0.2, 0.25) is 5.91 Å². The second-order valence-electron chi connectivity index (χ2n) is 10.3. The highest BCUT2D eigenvalue weighted by atomic mass is 16.6. The average molecular weight is 507 g/mol. The first kappa shape index (κ1) is 26.4. The number of benzene rings is 1. The van der Waals surface area contributed by atoms with E-state index in [0.29, 0.717) is 25.5 Å². The molecular formula is C28H38N6O3. The van der Waals surface area contributed by atoms with E-state index >= 15 is 0 Å². The van der Waals surface area contributed by atoms with Crippen LogP contribution in [0, 0.1) is 0 Å². The van der Waals surface area contributed by atoms with Crippen molar-refractivity contribution < 1.29 is 14.3 Å². The molecule has 2 aliphatic heterocycles. The number of carbonyl (C=O) groups excluding carboxylic acids is 2. The first-order chi connectivity index (χ1) is 17.7. The van der Waals surface area contributed by atoms with Crippen LogP contribution in [0.3, 0.4) is 0 Å². The molecule has 4 heterocycles. The van der Waals surface area contributed by atoms with Gasteiger partial charge in [0, 0.05) is 55.4 Å². The molecule has 2 amide bonds. The Morgan fingerprint density at radius 3 is 2.43 bits per heavy atom. The first-order valence-corrected chi connectivity index (χ1v) is 13.2. The number of hydrogen-bond donors (Lipinski definition) is 1. The molecule has 1 saturated heterocycles. The minimum atomic E-state index is -0.507. The van der Waals surface area contributed by atoms with Crippen molar-refractivity contribution in [3.8, 4) is 0 Å². The quantitative estimate of drug-likeness (QED) is 0.538. The SMILES string of the molecule is CC.CC(C)(C)OC(=O)N1CCC(N2CCc3cc(Nc4cc5ccccc5cn4)nn3CC2=O)CC1. The number of hydrogen-bond acceptors (Lipinski definition) is 6. The van der Waals surface area contributed by atoms with E-state index in [4.69, 9.17) is 4.74 Å². The number of carbonyl (C=O) groups is 2. The minimum absolute atomic E-state index is 0.0675. The fraction of sp³-hybridized carbons (Fsp3) is 0.500. The Labute approximate surface area is 218 Å². The Bertz CT molecular complexity index is 1240. The van der Waals surface area contributed by atoms with Gasteiger partial charge in [0.1, 0.15) is 18.0 Å². The predicted molar refractivity (Wildman–Crippen MR) is 145 cm³/mol. The lowest BCUT2D eigenvalue weighted by atomic mass is 10.0. The second-order valence-corrected chi connectivity index (χ2v) is 10.3. The molecule has 0 aliphatic carbocycles. The number of aromatic nitrogens is 3. The van der Waals surface area contributed by atoms with E-state index in [-0.39, 0.29) is 24.6 Å². The molecular weight excluding hydrogens is 468 g/mol. The number of fused-ring (bicyclic) bond motifs is 2. The van der Waals surface area contributed by atoms with E-state index < -0.39 is 5.60 Å². The van der Waals surface area contributed by atoms with Crippen molar-refractivity contribution in [3.63, 3.8) is 0 Å². The molecule has 1 aromatic carbocycles. The second kappa shape index (κ2) is 11.2. The van der Waals surface area contributed by atoms with Gasteiger partial charge in [-0.25, -0.2) is 9.78 Å². The fourth-order valence-electron chi connectivity index (χ4n) is 4.79. The maximum Gasteiger partial charge on any atom is 0.410 e. The summed E-state index contributed by atoms with van der Waals surface area (Å²) in [6, 6.07) is 12.2. The lowest BCUT2D eigenvalue weighted by Gasteiger charge is -2.38. The number of anilines is 2. The maximum atomic E-state index is 13.1. The van der Waals surface area contributed by atoms with Gasteiger partial charge >= 0.3 is 6.09 Å². The number of ether oxygens (including phenoxy) is 1. The number of amides is 2. The zero-order chi connectivity index (χ0) is 26.6. The van der Waals surface area contributed by atoms with Crippen LogP contribution in [0.25, 0.3) is 10.8 Å². The van der Waals surface area contributed by atoms with Crippen molar-refractivity contribution in [3.05, 3.63) is 48.3 Å². The molecule has 37 heavy (non-hydrogen) atoms. The van der Waals surface area contributed by atoms with E-state index in [1.807, 2.05) is 76.0 Å². The van der Waals surface area contributed by atoms with Crippen molar-refractivity contribution in [2.75, 3.05) is 25.0 Å². The number of rotatable bonds is 3. The van der Waals surface area contributed by atoms with Gasteiger partial charge in [-0.05, 0) is 45.1 Å². The molecule has 0 spiro atoms. The van der Waals surface area contributed by atoms with Crippen LogP contribution in [-0.2, 0) is 22.5 Å². The van der Waals surface area contributed by atoms with Crippen LogP contribution in [0.4, 0.5) is 16.4 Å². The van der Waals surface area contributed by atoms with Crippen LogP contribution in [0.15, 0.2) is 42.6 Å². The zero-order valence-corrected chi connectivity index (χ0v) is 22.5. The fourth-order valence-corrected chi connectivity index (χ4v) is 4.79. The molecule has 0 saturated carbocycles. The summed E-state index contributed by atoms with van der Waals surface area (Å²) in [5, 5.41) is 10.1. The number of nitrogens with zero attached hydrogens (tertiary/aromatic N) is 5. The first-order valence-electron chi connectivity index (χ1n) is 13.2. The normalized spacial score (nSPS) is 16.5. The average Bonchev–Trinajstić information content (AvgIpc) is 3.17. The lowest BCUT2D eigenvalue weighted by molar-refractivity contribution is -0.134. The lowest BCUT2D eigenvalue weighted by Crippen LogP contribution is -2.50. The van der Waals surface area contributed by atoms with Crippen molar-refractivity contribution in [1.29, 1.82) is 0 Å². The third-order valence-corrected chi connectivity index (χ3v) is 6.52. The monoisotopic (exact) mass is 506 g/mol. The van der Waals surface area contributed by atoms with Crippen LogP contribution >= 0.6 is 0 Å². The standard InChI is InChI=1S/C26H32N6O3.C2H6/c1-26(2,3)35-25(34)30-11-8-20(9-12-30)31-13-10-21-15-23(29-32(21)17-24(31)33)28-22-14-18-6-4-5-7-19(18)16-27-22;1-2/h4-7,14-16,20H,8-13,17H2,1-3H3,(H,27,28,29);1-2H3. The summed E-state index contributed by atoms with van der Waals surface area (Å²) in [5.41, 5.74) is 0.517. The molecule has 0 unspecified atom stereocenters. The highest BCUT2D eigenvalue weighted by molar-refractivity contribution is 5.84. The smallest absolute Gasteiger partial charge is 0.410 e. The predicted octanol–water partition coefficient (Wildman–Crippen LogP) is 4.99. The summed E-state index contributed by atoms with van der Waals surface area (Å²) >= 11 is 0. The van der Waals surface area contributed by atoms with Gasteiger partial charge in [0.25, 0.3) is 0 Å². The van der Waals surface area contributed by atoms with Crippen LogP contribution in [-0.4, -0.2) is 67.8 Å². The molecule has 9 nitrogen and oxygen atoms in total. The van der Waals surface area contributed by atoms with Gasteiger partial charge in [0.15, 0.2) is 5.82 Å². The minimum Gasteiger partial charge on any atom is -0.444 e. The Hall–Kier alpha value is -3.62. The molecule has 9 heteroatoms. The van der Waals surface area contributed by atoms with E-state index in [9.17, 15) is 9.59 Å². The summed E-state index contributed by atoms with van der Waals surface area (Å²) in [4.78, 5) is 33.7. The largest absolute Gasteiger partial charge is 0.444 e. The molecule has 0 radical (unpaired) electrons. The van der Waals surface area contributed by atoms with E-state index in [2.05, 4.69) is 21.5 Å². The van der Waals surface area contributed by atoms with Crippen molar-refractivity contribution in [1.82, 2.24) is 24.6 Å². The van der Waals surface area contributed by atoms with E-state index in [1.165, 1.54) is 0 Å². The Morgan fingerprint density at radius 1 is 1.03 bits per heavy atom. The Kier molecular flexibility index (Phi) is 8.00.